The molecule has 0 radical (unpaired) electrons. The van der Waals surface area contributed by atoms with E-state index in [1.807, 2.05) is 27.1 Å². The summed E-state index contributed by atoms with van der Waals surface area (Å²) in [6.07, 6.45) is 4.58. The number of rotatable bonds is 5. The van der Waals surface area contributed by atoms with Crippen molar-refractivity contribution >= 4 is 17.9 Å². The van der Waals surface area contributed by atoms with Crippen molar-refractivity contribution in [3.8, 4) is 0 Å². The van der Waals surface area contributed by atoms with Crippen molar-refractivity contribution in [2.45, 2.75) is 77.4 Å². The Morgan fingerprint density at radius 2 is 1.86 bits per heavy atom. The number of hydrogen-bond donors (Lipinski definition) is 2. The first-order valence-corrected chi connectivity index (χ1v) is 12.7. The minimum Gasteiger partial charge on any atom is -1.00 e. The molecule has 0 bridgehead atoms. The number of ether oxygens (including phenoxy) is 3. The van der Waals surface area contributed by atoms with Crippen molar-refractivity contribution in [1.82, 2.24) is 0 Å². The van der Waals surface area contributed by atoms with Gasteiger partial charge in [0.05, 0.1) is 26.8 Å². The molecular weight excluding hydrogens is 474 g/mol. The van der Waals surface area contributed by atoms with Crippen LogP contribution in [0.2, 0.25) is 0 Å². The van der Waals surface area contributed by atoms with Gasteiger partial charge in [-0.1, -0.05) is 19.4 Å². The lowest BCUT2D eigenvalue weighted by molar-refractivity contribution is -0.877. The van der Waals surface area contributed by atoms with E-state index in [1.54, 1.807) is 6.92 Å². The second-order valence-electron chi connectivity index (χ2n) is 11.5. The predicted molar refractivity (Wildman–Crippen MR) is 123 cm³/mol. The van der Waals surface area contributed by atoms with Crippen LogP contribution >= 0.6 is 0 Å². The first-order chi connectivity index (χ1) is 16.0. The predicted octanol–water partition coefficient (Wildman–Crippen LogP) is -0.950. The molecule has 7 atom stereocenters. The van der Waals surface area contributed by atoms with Crippen molar-refractivity contribution in [3.63, 3.8) is 0 Å². The summed E-state index contributed by atoms with van der Waals surface area (Å²) in [5.74, 6) is -0.105. The van der Waals surface area contributed by atoms with E-state index >= 15 is 0 Å². The summed E-state index contributed by atoms with van der Waals surface area (Å²) in [5.41, 5.74) is -1.33. The van der Waals surface area contributed by atoms with E-state index in [0.717, 1.165) is 29.7 Å². The summed E-state index contributed by atoms with van der Waals surface area (Å²) in [7, 11) is 3.76. The molecule has 0 aliphatic heterocycles. The number of halogens is 1. The van der Waals surface area contributed by atoms with Crippen LogP contribution in [-0.4, -0.2) is 62.2 Å². The lowest BCUT2D eigenvalue weighted by Gasteiger charge is -2.60. The Hall–Kier alpha value is -1.64. The molecule has 0 saturated heterocycles. The third-order valence-corrected chi connectivity index (χ3v) is 9.36. The normalized spacial score (nSPS) is 40.0. The Balaban J connectivity index is 0.00000342. The SMILES string of the molecule is CCOC(=O)O[C@]1(C(=O)OC[NH+](C)C)CCC2C3CCC4=CC(=O)CCC4(C)C3C(O)CC21C.[Cl-]. The minimum atomic E-state index is -1.50. The monoisotopic (exact) mass is 513 g/mol. The largest absolute Gasteiger partial charge is 1.00 e. The maximum Gasteiger partial charge on any atom is 0.509 e. The van der Waals surface area contributed by atoms with Crippen molar-refractivity contribution < 1.29 is 51.0 Å². The Kier molecular flexibility index (Phi) is 8.00. The summed E-state index contributed by atoms with van der Waals surface area (Å²) < 4.78 is 16.6. The number of ketones is 1. The van der Waals surface area contributed by atoms with Crippen LogP contribution in [0.5, 0.6) is 0 Å². The maximum absolute atomic E-state index is 13.6. The summed E-state index contributed by atoms with van der Waals surface area (Å²) in [4.78, 5) is 39.2. The van der Waals surface area contributed by atoms with Gasteiger partial charge in [0.1, 0.15) is 0 Å². The number of carbonyl (C=O) groups excluding carboxylic acids is 3. The highest BCUT2D eigenvalue weighted by Gasteiger charge is 2.71. The highest BCUT2D eigenvalue weighted by Crippen LogP contribution is 2.68. The van der Waals surface area contributed by atoms with Crippen LogP contribution in [0.3, 0.4) is 0 Å². The molecule has 8 nitrogen and oxygen atoms in total. The van der Waals surface area contributed by atoms with Crippen molar-refractivity contribution in [2.75, 3.05) is 27.4 Å². The van der Waals surface area contributed by atoms with Gasteiger partial charge in [-0.3, -0.25) is 4.79 Å². The van der Waals surface area contributed by atoms with Gasteiger partial charge in [0, 0.05) is 11.8 Å². The molecule has 2 N–H and O–H groups in total. The molecule has 9 heteroatoms. The molecule has 198 valence electrons. The number of aliphatic hydroxyl groups is 1. The fourth-order valence-electron chi connectivity index (χ4n) is 7.84. The zero-order valence-electron chi connectivity index (χ0n) is 21.5. The quantitative estimate of drug-likeness (QED) is 0.361. The van der Waals surface area contributed by atoms with Gasteiger partial charge in [-0.15, -0.1) is 0 Å². The van der Waals surface area contributed by atoms with Crippen LogP contribution < -0.4 is 17.3 Å². The van der Waals surface area contributed by atoms with E-state index in [4.69, 9.17) is 14.2 Å². The smallest absolute Gasteiger partial charge is 0.509 e. The molecule has 4 rings (SSSR count). The molecule has 0 aromatic carbocycles. The van der Waals surface area contributed by atoms with Crippen LogP contribution in [0, 0.1) is 28.6 Å². The van der Waals surface area contributed by atoms with Gasteiger partial charge in [0.25, 0.3) is 0 Å². The number of fused-ring (bicyclic) bond motifs is 5. The van der Waals surface area contributed by atoms with Gasteiger partial charge in [-0.05, 0) is 74.7 Å². The van der Waals surface area contributed by atoms with Gasteiger partial charge in [-0.2, -0.15) is 0 Å². The molecule has 4 aliphatic rings. The number of nitrogens with one attached hydrogen (secondary N) is 1. The number of allylic oxidation sites excluding steroid dienone is 1. The minimum absolute atomic E-state index is 0. The number of quaternary nitrogens is 1. The second-order valence-corrected chi connectivity index (χ2v) is 11.5. The molecule has 4 aliphatic carbocycles. The number of esters is 1. The second kappa shape index (κ2) is 10.0. The summed E-state index contributed by atoms with van der Waals surface area (Å²) in [6.45, 7) is 6.16. The summed E-state index contributed by atoms with van der Waals surface area (Å²) in [5, 5.41) is 11.6. The van der Waals surface area contributed by atoms with E-state index in [0.29, 0.717) is 25.7 Å². The average molecular weight is 514 g/mol. The fraction of sp³-hybridized carbons (Fsp3) is 0.808. The molecule has 0 heterocycles. The number of carbonyl (C=O) groups is 3. The zero-order valence-corrected chi connectivity index (χ0v) is 22.3. The van der Waals surface area contributed by atoms with E-state index in [1.165, 1.54) is 0 Å². The Morgan fingerprint density at radius 1 is 1.14 bits per heavy atom. The number of hydrogen-bond acceptors (Lipinski definition) is 7. The average Bonchev–Trinajstić information content (AvgIpc) is 3.04. The Morgan fingerprint density at radius 3 is 2.51 bits per heavy atom. The van der Waals surface area contributed by atoms with Crippen molar-refractivity contribution in [3.05, 3.63) is 11.6 Å². The van der Waals surface area contributed by atoms with Gasteiger partial charge in [-0.25, -0.2) is 9.59 Å². The van der Waals surface area contributed by atoms with Gasteiger partial charge < -0.3 is 36.6 Å². The first kappa shape index (κ1) is 27.9. The molecule has 3 fully saturated rings. The summed E-state index contributed by atoms with van der Waals surface area (Å²) >= 11 is 0. The topological polar surface area (TPSA) is 104 Å². The molecule has 0 aromatic rings. The summed E-state index contributed by atoms with van der Waals surface area (Å²) in [6, 6.07) is 0. The first-order valence-electron chi connectivity index (χ1n) is 12.7. The molecule has 0 aromatic heterocycles. The molecule has 0 spiro atoms. The fourth-order valence-corrected chi connectivity index (χ4v) is 7.84. The van der Waals surface area contributed by atoms with Crippen LogP contribution in [-0.2, 0) is 23.8 Å². The van der Waals surface area contributed by atoms with E-state index in [2.05, 4.69) is 6.92 Å². The Labute approximate surface area is 214 Å². The number of aliphatic hydroxyl groups excluding tert-OH is 1. The molecule has 3 saturated carbocycles. The van der Waals surface area contributed by atoms with Gasteiger partial charge >= 0.3 is 12.1 Å². The van der Waals surface area contributed by atoms with Gasteiger partial charge in [0.2, 0.25) is 12.3 Å². The highest BCUT2D eigenvalue weighted by molar-refractivity contribution is 5.91. The Bertz CT molecular complexity index is 891. The van der Waals surface area contributed by atoms with Crippen LogP contribution in [0.1, 0.15) is 65.7 Å². The van der Waals surface area contributed by atoms with Crippen molar-refractivity contribution in [2.24, 2.45) is 28.6 Å². The third-order valence-electron chi connectivity index (χ3n) is 9.36. The van der Waals surface area contributed by atoms with E-state index in [9.17, 15) is 19.5 Å². The van der Waals surface area contributed by atoms with Gasteiger partial charge in [0.15, 0.2) is 5.78 Å². The van der Waals surface area contributed by atoms with Crippen LogP contribution in [0.25, 0.3) is 0 Å². The molecule has 6 unspecified atom stereocenters. The zero-order chi connectivity index (χ0) is 24.9. The lowest BCUT2D eigenvalue weighted by atomic mass is 9.45. The molecule has 0 amide bonds. The standard InChI is InChI=1S/C26H39NO7.ClH/c1-6-32-23(31)34-26(22(30)33-15-27(4)5)12-10-19-18-8-7-16-13-17(28)9-11-24(16,2)21(18)20(29)14-25(19,26)3;/h13,18-21,29H,6-12,14-15H2,1-5H3;1H/t18?,19?,20?,21?,24?,25?,26-;/m0./s1. The lowest BCUT2D eigenvalue weighted by Crippen LogP contribution is -3.06. The van der Waals surface area contributed by atoms with Crippen LogP contribution in [0.4, 0.5) is 4.79 Å². The molecule has 35 heavy (non-hydrogen) atoms. The molecular formula is C26H40ClNO7. The maximum atomic E-state index is 13.6. The van der Waals surface area contributed by atoms with E-state index in [-0.39, 0.29) is 54.7 Å². The van der Waals surface area contributed by atoms with Crippen molar-refractivity contribution in [1.29, 1.82) is 0 Å². The van der Waals surface area contributed by atoms with E-state index < -0.39 is 29.2 Å². The third kappa shape index (κ3) is 4.40. The van der Waals surface area contributed by atoms with Crippen LogP contribution in [0.15, 0.2) is 11.6 Å². The highest BCUT2D eigenvalue weighted by atomic mass is 35.5.